The fraction of sp³-hybridized carbons (Fsp3) is 0.818. The summed E-state index contributed by atoms with van der Waals surface area (Å²) in [6, 6.07) is 0. The van der Waals surface area contributed by atoms with Crippen LogP contribution in [0.3, 0.4) is 0 Å². The quantitative estimate of drug-likeness (QED) is 0.546. The van der Waals surface area contributed by atoms with Gasteiger partial charge in [-0.1, -0.05) is 32.6 Å². The number of hydrogen-bond acceptors (Lipinski definition) is 4. The fourth-order valence-corrected chi connectivity index (χ4v) is 2.87. The smallest absolute Gasteiger partial charge is 0.296 e. The van der Waals surface area contributed by atoms with E-state index in [0.717, 1.165) is 19.3 Å². The highest BCUT2D eigenvalue weighted by atomic mass is 35.7. The van der Waals surface area contributed by atoms with Crippen molar-refractivity contribution in [3.8, 4) is 0 Å². The molecule has 0 aromatic carbocycles. The summed E-state index contributed by atoms with van der Waals surface area (Å²) in [6.07, 6.45) is 6.53. The maximum atomic E-state index is 11.3. The van der Waals surface area contributed by atoms with Crippen LogP contribution in [0.4, 0.5) is 0 Å². The molecular weight excluding hydrogens is 274 g/mol. The zero-order valence-electron chi connectivity index (χ0n) is 10.9. The molecule has 0 atom stereocenters. The summed E-state index contributed by atoms with van der Waals surface area (Å²) in [6.45, 7) is 4.54. The predicted molar refractivity (Wildman–Crippen MR) is 71.2 cm³/mol. The lowest BCUT2D eigenvalue weighted by molar-refractivity contribution is 0.564. The average Bonchev–Trinajstić information content (AvgIpc) is 2.71. The van der Waals surface area contributed by atoms with Gasteiger partial charge >= 0.3 is 0 Å². The van der Waals surface area contributed by atoms with E-state index in [2.05, 4.69) is 17.1 Å². The van der Waals surface area contributed by atoms with E-state index in [9.17, 15) is 8.42 Å². The van der Waals surface area contributed by atoms with E-state index in [4.69, 9.17) is 10.7 Å². The first-order valence-corrected chi connectivity index (χ1v) is 8.68. The Morgan fingerprint density at radius 3 is 2.33 bits per heavy atom. The van der Waals surface area contributed by atoms with Crippen LogP contribution in [0.1, 0.15) is 51.8 Å². The third-order valence-corrected chi connectivity index (χ3v) is 3.98. The molecule has 18 heavy (non-hydrogen) atoms. The largest absolute Gasteiger partial charge is 0.301 e. The van der Waals surface area contributed by atoms with Crippen molar-refractivity contribution in [2.75, 3.05) is 0 Å². The van der Waals surface area contributed by atoms with E-state index < -0.39 is 9.05 Å². The molecule has 5 nitrogen and oxygen atoms in total. The van der Waals surface area contributed by atoms with Crippen LogP contribution in [-0.4, -0.2) is 23.2 Å². The Bertz CT molecular complexity index is 471. The Balaban J connectivity index is 2.64. The molecule has 0 N–H and O–H groups in total. The maximum Gasteiger partial charge on any atom is 0.296 e. The minimum atomic E-state index is -3.80. The molecule has 0 aliphatic carbocycles. The average molecular weight is 294 g/mol. The van der Waals surface area contributed by atoms with Crippen molar-refractivity contribution >= 4 is 19.7 Å². The summed E-state index contributed by atoms with van der Waals surface area (Å²) in [5.41, 5.74) is 0. The highest BCUT2D eigenvalue weighted by Crippen LogP contribution is 2.15. The van der Waals surface area contributed by atoms with Crippen LogP contribution < -0.4 is 0 Å². The third kappa shape index (κ3) is 4.24. The molecule has 0 aliphatic heterocycles. The van der Waals surface area contributed by atoms with E-state index in [1.54, 1.807) is 4.57 Å². The van der Waals surface area contributed by atoms with Crippen molar-refractivity contribution in [3.63, 3.8) is 0 Å². The number of nitrogens with zero attached hydrogens (tertiary/aromatic N) is 3. The van der Waals surface area contributed by atoms with Crippen molar-refractivity contribution in [2.24, 2.45) is 0 Å². The normalized spacial score (nSPS) is 11.9. The zero-order chi connectivity index (χ0) is 13.6. The van der Waals surface area contributed by atoms with Gasteiger partial charge < -0.3 is 4.57 Å². The lowest BCUT2D eigenvalue weighted by atomic mass is 10.1. The fourth-order valence-electron chi connectivity index (χ4n) is 1.89. The van der Waals surface area contributed by atoms with Gasteiger partial charge in [0.2, 0.25) is 0 Å². The van der Waals surface area contributed by atoms with Crippen molar-refractivity contribution in [2.45, 2.75) is 64.1 Å². The van der Waals surface area contributed by atoms with Gasteiger partial charge in [0.15, 0.2) is 0 Å². The summed E-state index contributed by atoms with van der Waals surface area (Å²) in [5, 5.41) is 7.44. The van der Waals surface area contributed by atoms with Crippen LogP contribution in [-0.2, 0) is 22.0 Å². The first kappa shape index (κ1) is 15.4. The van der Waals surface area contributed by atoms with Gasteiger partial charge in [0.1, 0.15) is 5.82 Å². The Morgan fingerprint density at radius 1 is 1.11 bits per heavy atom. The van der Waals surface area contributed by atoms with E-state index in [1.165, 1.54) is 19.3 Å². The van der Waals surface area contributed by atoms with Gasteiger partial charge in [-0.05, 0) is 13.3 Å². The second-order valence-corrected chi connectivity index (χ2v) is 6.70. The standard InChI is InChI=1S/C11H20ClN3O2S/c1-3-5-6-7-8-9-10-13-14-11(15(10)4-2)18(12,16)17/h3-9H2,1-2H3. The molecule has 7 heteroatoms. The Kier molecular flexibility index (Phi) is 6.08. The molecule has 0 radical (unpaired) electrons. The highest BCUT2D eigenvalue weighted by Gasteiger charge is 2.21. The van der Waals surface area contributed by atoms with Gasteiger partial charge in [0.05, 0.1) is 0 Å². The molecule has 0 saturated carbocycles. The van der Waals surface area contributed by atoms with Gasteiger partial charge in [0, 0.05) is 23.6 Å². The van der Waals surface area contributed by atoms with Crippen molar-refractivity contribution in [1.29, 1.82) is 0 Å². The topological polar surface area (TPSA) is 64.8 Å². The number of rotatable bonds is 8. The summed E-state index contributed by atoms with van der Waals surface area (Å²) in [4.78, 5) is 0. The Morgan fingerprint density at radius 2 is 1.78 bits per heavy atom. The summed E-state index contributed by atoms with van der Waals surface area (Å²) < 4.78 is 24.1. The minimum Gasteiger partial charge on any atom is -0.301 e. The van der Waals surface area contributed by atoms with Gasteiger partial charge in [-0.15, -0.1) is 10.2 Å². The van der Waals surface area contributed by atoms with Crippen LogP contribution in [0.5, 0.6) is 0 Å². The molecule has 0 bridgehead atoms. The molecular formula is C11H20ClN3O2S. The van der Waals surface area contributed by atoms with Crippen molar-refractivity contribution in [1.82, 2.24) is 14.8 Å². The number of aromatic nitrogens is 3. The number of hydrogen-bond donors (Lipinski definition) is 0. The van der Waals surface area contributed by atoms with Gasteiger partial charge in [-0.25, -0.2) is 8.42 Å². The second kappa shape index (κ2) is 7.09. The minimum absolute atomic E-state index is 0.143. The molecule has 1 aromatic heterocycles. The number of aryl methyl sites for hydroxylation is 1. The molecule has 1 rings (SSSR count). The summed E-state index contributed by atoms with van der Waals surface area (Å²) in [5.74, 6) is 0.702. The van der Waals surface area contributed by atoms with Crippen LogP contribution in [0, 0.1) is 0 Å². The van der Waals surface area contributed by atoms with Crippen molar-refractivity contribution in [3.05, 3.63) is 5.82 Å². The Hall–Kier alpha value is -0.620. The van der Waals surface area contributed by atoms with Gasteiger partial charge in [-0.2, -0.15) is 0 Å². The number of halogens is 1. The molecule has 0 spiro atoms. The lowest BCUT2D eigenvalue weighted by Gasteiger charge is -2.05. The van der Waals surface area contributed by atoms with Gasteiger partial charge in [0.25, 0.3) is 14.2 Å². The molecule has 0 fully saturated rings. The van der Waals surface area contributed by atoms with E-state index in [0.29, 0.717) is 12.4 Å². The Labute approximate surface area is 113 Å². The molecule has 0 saturated heterocycles. The van der Waals surface area contributed by atoms with Crippen LogP contribution in [0.2, 0.25) is 0 Å². The molecule has 1 aromatic rings. The van der Waals surface area contributed by atoms with Gasteiger partial charge in [-0.3, -0.25) is 0 Å². The van der Waals surface area contributed by atoms with E-state index in [-0.39, 0.29) is 5.16 Å². The first-order chi connectivity index (χ1) is 8.50. The van der Waals surface area contributed by atoms with E-state index in [1.807, 2.05) is 6.92 Å². The van der Waals surface area contributed by atoms with Crippen LogP contribution >= 0.6 is 10.7 Å². The number of unbranched alkanes of at least 4 members (excludes halogenated alkanes) is 4. The zero-order valence-corrected chi connectivity index (χ0v) is 12.5. The second-order valence-electron chi connectivity index (χ2n) is 4.25. The first-order valence-electron chi connectivity index (χ1n) is 6.37. The SMILES string of the molecule is CCCCCCCc1nnc(S(=O)(=O)Cl)n1CC. The molecule has 0 amide bonds. The van der Waals surface area contributed by atoms with E-state index >= 15 is 0 Å². The van der Waals surface area contributed by atoms with Crippen molar-refractivity contribution < 1.29 is 8.42 Å². The molecule has 1 heterocycles. The molecule has 104 valence electrons. The highest BCUT2D eigenvalue weighted by molar-refractivity contribution is 8.13. The molecule has 0 aliphatic rings. The third-order valence-electron chi connectivity index (χ3n) is 2.83. The summed E-state index contributed by atoms with van der Waals surface area (Å²) >= 11 is 0. The van der Waals surface area contributed by atoms with Crippen LogP contribution in [0.25, 0.3) is 0 Å². The molecule has 0 unspecified atom stereocenters. The maximum absolute atomic E-state index is 11.3. The predicted octanol–water partition coefficient (Wildman–Crippen LogP) is 2.74. The summed E-state index contributed by atoms with van der Waals surface area (Å²) in [7, 11) is 1.50. The van der Waals surface area contributed by atoms with Crippen LogP contribution in [0.15, 0.2) is 5.16 Å². The lowest BCUT2D eigenvalue weighted by Crippen LogP contribution is -2.08. The monoisotopic (exact) mass is 293 g/mol.